The molecule has 1 aromatic heterocycles. The van der Waals surface area contributed by atoms with Gasteiger partial charge in [0.25, 0.3) is 17.3 Å². The third-order valence-electron chi connectivity index (χ3n) is 3.55. The van der Waals surface area contributed by atoms with Crippen LogP contribution in [-0.2, 0) is 0 Å². The van der Waals surface area contributed by atoms with Crippen molar-refractivity contribution >= 4 is 28.3 Å². The summed E-state index contributed by atoms with van der Waals surface area (Å²) in [5, 5.41) is 29.7. The molecule has 1 heterocycles. The summed E-state index contributed by atoms with van der Waals surface area (Å²) < 4.78 is 0.963. The first-order chi connectivity index (χ1) is 11.4. The zero-order valence-electron chi connectivity index (χ0n) is 12.2. The lowest BCUT2D eigenvalue weighted by Crippen LogP contribution is -2.16. The van der Waals surface area contributed by atoms with Crippen molar-refractivity contribution in [3.8, 4) is 0 Å². The molecule has 0 bridgehead atoms. The van der Waals surface area contributed by atoms with Crippen molar-refractivity contribution in [2.24, 2.45) is 0 Å². The number of benzene rings is 2. The van der Waals surface area contributed by atoms with Crippen LogP contribution in [0.3, 0.4) is 0 Å². The van der Waals surface area contributed by atoms with Gasteiger partial charge in [0.15, 0.2) is 0 Å². The van der Waals surface area contributed by atoms with Gasteiger partial charge in [0, 0.05) is 11.6 Å². The maximum Gasteiger partial charge on any atom is 0.280 e. The van der Waals surface area contributed by atoms with E-state index in [0.717, 1.165) is 16.8 Å². The monoisotopic (exact) mass is 327 g/mol. The van der Waals surface area contributed by atoms with Crippen molar-refractivity contribution in [1.29, 1.82) is 0 Å². The van der Waals surface area contributed by atoms with Gasteiger partial charge in [-0.3, -0.25) is 25.0 Å². The first kappa shape index (κ1) is 15.2. The Morgan fingerprint density at radius 1 is 1.12 bits per heavy atom. The molecule has 0 aliphatic rings. The van der Waals surface area contributed by atoms with E-state index < -0.39 is 27.1 Å². The van der Waals surface area contributed by atoms with E-state index in [1.807, 2.05) is 0 Å². The number of carbonyl (C=O) groups excluding carboxylic acids is 1. The van der Waals surface area contributed by atoms with Crippen LogP contribution in [0.1, 0.15) is 15.9 Å². The normalized spacial score (nSPS) is 10.7. The maximum atomic E-state index is 12.7. The van der Waals surface area contributed by atoms with Gasteiger partial charge in [0.2, 0.25) is 0 Å². The summed E-state index contributed by atoms with van der Waals surface area (Å²) in [7, 11) is 0. The van der Waals surface area contributed by atoms with E-state index in [1.165, 1.54) is 6.92 Å². The van der Waals surface area contributed by atoms with Crippen LogP contribution < -0.4 is 0 Å². The molecule has 0 N–H and O–H groups in total. The highest BCUT2D eigenvalue weighted by atomic mass is 16.6. The number of hydrogen-bond donors (Lipinski definition) is 0. The van der Waals surface area contributed by atoms with E-state index >= 15 is 0 Å². The molecule has 3 rings (SSSR count). The van der Waals surface area contributed by atoms with E-state index in [0.29, 0.717) is 11.0 Å². The standard InChI is InChI=1S/C14H9N5O5/c1-8-10(6-9(18(21)22)7-13(8)19(23)24)14(20)17-12-5-3-2-4-11(12)15-16-17/h2-7H,1H3. The molecule has 0 aliphatic carbocycles. The fourth-order valence-electron chi connectivity index (χ4n) is 2.33. The lowest BCUT2D eigenvalue weighted by molar-refractivity contribution is -0.394. The van der Waals surface area contributed by atoms with Crippen LogP contribution >= 0.6 is 0 Å². The van der Waals surface area contributed by atoms with E-state index in [-0.39, 0.29) is 11.1 Å². The first-order valence-corrected chi connectivity index (χ1v) is 6.68. The molecule has 3 aromatic rings. The van der Waals surface area contributed by atoms with Crippen LogP contribution in [0.2, 0.25) is 0 Å². The van der Waals surface area contributed by atoms with Gasteiger partial charge >= 0.3 is 0 Å². The van der Waals surface area contributed by atoms with Crippen molar-refractivity contribution in [3.05, 3.63) is 67.8 Å². The summed E-state index contributed by atoms with van der Waals surface area (Å²) >= 11 is 0. The summed E-state index contributed by atoms with van der Waals surface area (Å²) in [6.07, 6.45) is 0. The van der Waals surface area contributed by atoms with Crippen LogP contribution in [0.15, 0.2) is 36.4 Å². The molecule has 0 amide bonds. The van der Waals surface area contributed by atoms with Gasteiger partial charge in [-0.1, -0.05) is 17.3 Å². The minimum atomic E-state index is -0.789. The summed E-state index contributed by atoms with van der Waals surface area (Å²) in [5.74, 6) is -0.729. The Morgan fingerprint density at radius 2 is 1.83 bits per heavy atom. The largest absolute Gasteiger partial charge is 0.280 e. The average molecular weight is 327 g/mol. The number of non-ortho nitro benzene ring substituents is 1. The Morgan fingerprint density at radius 3 is 2.50 bits per heavy atom. The van der Waals surface area contributed by atoms with E-state index in [1.54, 1.807) is 24.3 Å². The van der Waals surface area contributed by atoms with Crippen LogP contribution in [0.4, 0.5) is 11.4 Å². The minimum Gasteiger partial charge on any atom is -0.267 e. The SMILES string of the molecule is Cc1c(C(=O)n2nnc3ccccc32)cc([N+](=O)[O-])cc1[N+](=O)[O-]. The first-order valence-electron chi connectivity index (χ1n) is 6.68. The second-order valence-corrected chi connectivity index (χ2v) is 4.95. The summed E-state index contributed by atoms with van der Waals surface area (Å²) in [4.78, 5) is 33.3. The van der Waals surface area contributed by atoms with E-state index in [9.17, 15) is 25.0 Å². The molecule has 0 spiro atoms. The van der Waals surface area contributed by atoms with Crippen molar-refractivity contribution < 1.29 is 14.6 Å². The van der Waals surface area contributed by atoms with Crippen LogP contribution in [0, 0.1) is 27.2 Å². The summed E-state index contributed by atoms with van der Waals surface area (Å²) in [5.41, 5.74) is -0.335. The molecule has 0 unspecified atom stereocenters. The van der Waals surface area contributed by atoms with Gasteiger partial charge in [-0.25, -0.2) is 0 Å². The van der Waals surface area contributed by atoms with Gasteiger partial charge in [-0.2, -0.15) is 4.68 Å². The Hall–Kier alpha value is -3.69. The Labute approximate surface area is 133 Å². The molecule has 0 saturated carbocycles. The number of aromatic nitrogens is 3. The molecule has 2 aromatic carbocycles. The van der Waals surface area contributed by atoms with Crippen LogP contribution in [0.25, 0.3) is 11.0 Å². The third kappa shape index (κ3) is 2.35. The minimum absolute atomic E-state index is 0.0233. The van der Waals surface area contributed by atoms with E-state index in [2.05, 4.69) is 10.3 Å². The molecule has 24 heavy (non-hydrogen) atoms. The molecule has 0 atom stereocenters. The third-order valence-corrected chi connectivity index (χ3v) is 3.55. The second-order valence-electron chi connectivity index (χ2n) is 4.95. The van der Waals surface area contributed by atoms with Gasteiger partial charge in [0.1, 0.15) is 5.52 Å². The van der Waals surface area contributed by atoms with Crippen molar-refractivity contribution in [3.63, 3.8) is 0 Å². The fraction of sp³-hybridized carbons (Fsp3) is 0.0714. The fourth-order valence-corrected chi connectivity index (χ4v) is 2.33. The molecular weight excluding hydrogens is 318 g/mol. The molecule has 0 saturated heterocycles. The number of nitro benzene ring substituents is 2. The zero-order chi connectivity index (χ0) is 17.4. The van der Waals surface area contributed by atoms with Gasteiger partial charge in [-0.05, 0) is 19.1 Å². The molecule has 10 nitrogen and oxygen atoms in total. The maximum absolute atomic E-state index is 12.7. The zero-order valence-corrected chi connectivity index (χ0v) is 12.2. The summed E-state index contributed by atoms with van der Waals surface area (Å²) in [6.45, 7) is 1.36. The van der Waals surface area contributed by atoms with Crippen molar-refractivity contribution in [1.82, 2.24) is 15.0 Å². The number of fused-ring (bicyclic) bond motifs is 1. The highest BCUT2D eigenvalue weighted by molar-refractivity contribution is 6.02. The Bertz CT molecular complexity index is 1010. The van der Waals surface area contributed by atoms with Crippen LogP contribution in [-0.4, -0.2) is 30.7 Å². The molecule has 0 fully saturated rings. The number of rotatable bonds is 3. The highest BCUT2D eigenvalue weighted by Gasteiger charge is 2.26. The predicted octanol–water partition coefficient (Wildman–Crippen LogP) is 2.24. The quantitative estimate of drug-likeness (QED) is 0.531. The Balaban J connectivity index is 2.23. The number of nitrogens with zero attached hydrogens (tertiary/aromatic N) is 5. The van der Waals surface area contributed by atoms with Gasteiger partial charge in [0.05, 0.1) is 27.0 Å². The molecule has 0 aliphatic heterocycles. The predicted molar refractivity (Wildman–Crippen MR) is 81.7 cm³/mol. The topological polar surface area (TPSA) is 134 Å². The lowest BCUT2D eigenvalue weighted by atomic mass is 10.0. The lowest BCUT2D eigenvalue weighted by Gasteiger charge is -2.06. The molecular formula is C14H9N5O5. The van der Waals surface area contributed by atoms with E-state index in [4.69, 9.17) is 0 Å². The molecule has 0 radical (unpaired) electrons. The average Bonchev–Trinajstić information content (AvgIpc) is 2.98. The number of hydrogen-bond acceptors (Lipinski definition) is 7. The second kappa shape index (κ2) is 5.50. The number of para-hydroxylation sites is 1. The van der Waals surface area contributed by atoms with Crippen molar-refractivity contribution in [2.75, 3.05) is 0 Å². The molecule has 120 valence electrons. The van der Waals surface area contributed by atoms with Crippen molar-refractivity contribution in [2.45, 2.75) is 6.92 Å². The Kier molecular flexibility index (Phi) is 3.49. The summed E-state index contributed by atoms with van der Waals surface area (Å²) in [6, 6.07) is 8.48. The smallest absolute Gasteiger partial charge is 0.267 e. The highest BCUT2D eigenvalue weighted by Crippen LogP contribution is 2.29. The van der Waals surface area contributed by atoms with Gasteiger partial charge in [-0.15, -0.1) is 5.10 Å². The number of nitro groups is 2. The van der Waals surface area contributed by atoms with Crippen LogP contribution in [0.5, 0.6) is 0 Å². The number of carbonyl (C=O) groups is 1. The molecule has 10 heteroatoms. The van der Waals surface area contributed by atoms with Gasteiger partial charge < -0.3 is 0 Å².